The fraction of sp³-hybridized carbons (Fsp3) is 0.0833. The number of nitrogens with zero attached hydrogens (tertiary/aromatic N) is 1. The van der Waals surface area contributed by atoms with E-state index in [-0.39, 0.29) is 18.0 Å². The maximum absolute atomic E-state index is 12.0. The Morgan fingerprint density at radius 2 is 1.88 bits per heavy atom. The van der Waals surface area contributed by atoms with Crippen molar-refractivity contribution in [2.45, 2.75) is 0 Å². The predicted molar refractivity (Wildman–Crippen MR) is 71.8 cm³/mol. The Labute approximate surface area is 103 Å². The summed E-state index contributed by atoms with van der Waals surface area (Å²) in [4.78, 5) is 12.0. The van der Waals surface area contributed by atoms with Gasteiger partial charge in [-0.25, -0.2) is 0 Å². The first kappa shape index (κ1) is 11.2. The van der Waals surface area contributed by atoms with Crippen molar-refractivity contribution in [2.24, 2.45) is 7.05 Å². The van der Waals surface area contributed by atoms with Gasteiger partial charge in [-0.2, -0.15) is 0 Å². The number of aryl methyl sites for hydroxylation is 1. The zero-order chi connectivity index (χ0) is 10.4. The molecule has 0 radical (unpaired) electrons. The van der Waals surface area contributed by atoms with Crippen molar-refractivity contribution >= 4 is 44.7 Å². The van der Waals surface area contributed by atoms with Gasteiger partial charge < -0.3 is 4.57 Å². The van der Waals surface area contributed by atoms with Crippen LogP contribution in [0.1, 0.15) is 0 Å². The van der Waals surface area contributed by atoms with Crippen molar-refractivity contribution in [3.63, 3.8) is 0 Å². The van der Waals surface area contributed by atoms with E-state index < -0.39 is 0 Å². The summed E-state index contributed by atoms with van der Waals surface area (Å²) < 4.78 is 2.56. The Hall–Kier alpha value is -1.32. The topological polar surface area (TPSA) is 22.0 Å². The molecule has 0 fully saturated rings. The molecule has 0 aliphatic carbocycles. The molecule has 82 valence electrons. The number of halogens is 1. The summed E-state index contributed by atoms with van der Waals surface area (Å²) >= 11 is 1.51. The number of pyridine rings is 1. The number of para-hydroxylation sites is 1. The normalized spacial score (nSPS) is 10.6. The van der Waals surface area contributed by atoms with Gasteiger partial charge in [-0.15, -0.1) is 23.7 Å². The zero-order valence-corrected chi connectivity index (χ0v) is 10.3. The second-order valence-corrected chi connectivity index (χ2v) is 4.46. The minimum Gasteiger partial charge on any atom is -0.310 e. The van der Waals surface area contributed by atoms with Gasteiger partial charge in [0.1, 0.15) is 4.70 Å². The molecule has 0 aliphatic rings. The van der Waals surface area contributed by atoms with Crippen LogP contribution in [0.3, 0.4) is 0 Å². The summed E-state index contributed by atoms with van der Waals surface area (Å²) in [5, 5.41) is 4.19. The van der Waals surface area contributed by atoms with Crippen molar-refractivity contribution < 1.29 is 0 Å². The maximum Gasteiger partial charge on any atom is 0.268 e. The van der Waals surface area contributed by atoms with Gasteiger partial charge >= 0.3 is 0 Å². The Balaban J connectivity index is 0.000000963. The Morgan fingerprint density at radius 3 is 2.69 bits per heavy atom. The van der Waals surface area contributed by atoms with Crippen molar-refractivity contribution in [1.29, 1.82) is 0 Å². The van der Waals surface area contributed by atoms with Gasteiger partial charge in [-0.3, -0.25) is 4.79 Å². The second kappa shape index (κ2) is 3.92. The van der Waals surface area contributed by atoms with Gasteiger partial charge in [0.25, 0.3) is 5.56 Å². The molecule has 3 rings (SSSR count). The standard InChI is InChI=1S/C12H9NOS.ClH/c1-13-10-5-3-2-4-8(10)9-6-7-15-11(9)12(13)14;/h2-7H,1H3;1H. The molecule has 1 aromatic carbocycles. The molecule has 2 heterocycles. The third kappa shape index (κ3) is 1.36. The fourth-order valence-electron chi connectivity index (χ4n) is 1.94. The average molecular weight is 252 g/mol. The minimum atomic E-state index is 0. The summed E-state index contributed by atoms with van der Waals surface area (Å²) in [5.41, 5.74) is 1.09. The largest absolute Gasteiger partial charge is 0.310 e. The lowest BCUT2D eigenvalue weighted by molar-refractivity contribution is 0.920. The van der Waals surface area contributed by atoms with E-state index in [4.69, 9.17) is 0 Å². The molecule has 2 aromatic heterocycles. The molecule has 3 aromatic rings. The maximum atomic E-state index is 12.0. The predicted octanol–water partition coefficient (Wildman–Crippen LogP) is 3.18. The van der Waals surface area contributed by atoms with Crippen molar-refractivity contribution in [1.82, 2.24) is 4.57 Å². The molecule has 0 aliphatic heterocycles. The number of fused-ring (bicyclic) bond motifs is 3. The van der Waals surface area contributed by atoms with E-state index in [2.05, 4.69) is 6.07 Å². The summed E-state index contributed by atoms with van der Waals surface area (Å²) in [6.45, 7) is 0. The monoisotopic (exact) mass is 251 g/mol. The van der Waals surface area contributed by atoms with Crippen molar-refractivity contribution in [3.8, 4) is 0 Å². The quantitative estimate of drug-likeness (QED) is 0.602. The summed E-state index contributed by atoms with van der Waals surface area (Å²) in [6.07, 6.45) is 0. The van der Waals surface area contributed by atoms with Gasteiger partial charge in [0.2, 0.25) is 0 Å². The highest BCUT2D eigenvalue weighted by molar-refractivity contribution is 7.17. The first-order chi connectivity index (χ1) is 7.29. The van der Waals surface area contributed by atoms with Crippen LogP contribution >= 0.6 is 23.7 Å². The second-order valence-electron chi connectivity index (χ2n) is 3.54. The van der Waals surface area contributed by atoms with Crippen LogP contribution in [0, 0.1) is 0 Å². The third-order valence-electron chi connectivity index (χ3n) is 2.72. The number of hydrogen-bond donors (Lipinski definition) is 0. The molecule has 0 unspecified atom stereocenters. The lowest BCUT2D eigenvalue weighted by Crippen LogP contribution is -2.15. The molecule has 2 nitrogen and oxygen atoms in total. The number of aromatic nitrogens is 1. The highest BCUT2D eigenvalue weighted by Crippen LogP contribution is 2.25. The van der Waals surface area contributed by atoms with Crippen LogP contribution in [0.2, 0.25) is 0 Å². The van der Waals surface area contributed by atoms with Crippen molar-refractivity contribution in [2.75, 3.05) is 0 Å². The first-order valence-electron chi connectivity index (χ1n) is 4.74. The van der Waals surface area contributed by atoms with Crippen LogP contribution in [0.25, 0.3) is 21.0 Å². The molecule has 0 saturated heterocycles. The van der Waals surface area contributed by atoms with E-state index >= 15 is 0 Å². The Bertz CT molecular complexity index is 714. The smallest absolute Gasteiger partial charge is 0.268 e. The molecule has 0 spiro atoms. The Kier molecular flexibility index (Phi) is 2.74. The summed E-state index contributed by atoms with van der Waals surface area (Å²) in [7, 11) is 1.82. The molecule has 4 heteroatoms. The van der Waals surface area contributed by atoms with Crippen LogP contribution in [-0.2, 0) is 7.05 Å². The van der Waals surface area contributed by atoms with E-state index in [0.717, 1.165) is 21.0 Å². The van der Waals surface area contributed by atoms with E-state index in [1.165, 1.54) is 11.3 Å². The summed E-state index contributed by atoms with van der Waals surface area (Å²) in [6, 6.07) is 10.0. The lowest BCUT2D eigenvalue weighted by atomic mass is 10.1. The lowest BCUT2D eigenvalue weighted by Gasteiger charge is -2.05. The highest BCUT2D eigenvalue weighted by atomic mass is 35.5. The van der Waals surface area contributed by atoms with E-state index in [9.17, 15) is 4.79 Å². The molecule has 16 heavy (non-hydrogen) atoms. The average Bonchev–Trinajstić information content (AvgIpc) is 2.75. The Morgan fingerprint density at radius 1 is 1.12 bits per heavy atom. The van der Waals surface area contributed by atoms with Gasteiger partial charge in [0.05, 0.1) is 5.52 Å². The van der Waals surface area contributed by atoms with Gasteiger partial charge in [-0.05, 0) is 17.5 Å². The van der Waals surface area contributed by atoms with Crippen molar-refractivity contribution in [3.05, 3.63) is 46.1 Å². The third-order valence-corrected chi connectivity index (χ3v) is 3.62. The first-order valence-corrected chi connectivity index (χ1v) is 5.62. The van der Waals surface area contributed by atoms with Crippen LogP contribution in [-0.4, -0.2) is 4.57 Å². The number of benzene rings is 1. The van der Waals surface area contributed by atoms with E-state index in [0.29, 0.717) is 0 Å². The highest BCUT2D eigenvalue weighted by Gasteiger charge is 2.07. The molecule has 0 amide bonds. The van der Waals surface area contributed by atoms with Gasteiger partial charge in [0, 0.05) is 17.8 Å². The minimum absolute atomic E-state index is 0. The molecule has 0 N–H and O–H groups in total. The zero-order valence-electron chi connectivity index (χ0n) is 8.64. The van der Waals surface area contributed by atoms with Crippen LogP contribution in [0.4, 0.5) is 0 Å². The fourth-order valence-corrected chi connectivity index (χ4v) is 2.83. The van der Waals surface area contributed by atoms with Crippen LogP contribution in [0.5, 0.6) is 0 Å². The molecular weight excluding hydrogens is 242 g/mol. The van der Waals surface area contributed by atoms with Gasteiger partial charge in [-0.1, -0.05) is 18.2 Å². The van der Waals surface area contributed by atoms with Crippen LogP contribution in [0.15, 0.2) is 40.5 Å². The molecule has 0 bridgehead atoms. The summed E-state index contributed by atoms with van der Waals surface area (Å²) in [5.74, 6) is 0. The van der Waals surface area contributed by atoms with Crippen LogP contribution < -0.4 is 5.56 Å². The molecular formula is C12H10ClNOS. The number of thiophene rings is 1. The molecule has 0 saturated carbocycles. The SMILES string of the molecule is Cl.Cn1c(=O)c2sccc2c2ccccc21. The van der Waals surface area contributed by atoms with E-state index in [1.807, 2.05) is 36.7 Å². The number of hydrogen-bond acceptors (Lipinski definition) is 2. The number of rotatable bonds is 0. The molecule has 0 atom stereocenters. The van der Waals surface area contributed by atoms with E-state index in [1.54, 1.807) is 4.57 Å². The van der Waals surface area contributed by atoms with Gasteiger partial charge in [0.15, 0.2) is 0 Å².